The second-order valence-corrected chi connectivity index (χ2v) is 7.37. The van der Waals surface area contributed by atoms with Gasteiger partial charge in [0.25, 0.3) is 0 Å². The molecule has 0 bridgehead atoms. The van der Waals surface area contributed by atoms with Crippen molar-refractivity contribution in [3.05, 3.63) is 40.9 Å². The summed E-state index contributed by atoms with van der Waals surface area (Å²) in [5, 5.41) is 5.95. The third kappa shape index (κ3) is 4.39. The van der Waals surface area contributed by atoms with Gasteiger partial charge in [-0.05, 0) is 25.8 Å². The van der Waals surface area contributed by atoms with Crippen LogP contribution in [0.25, 0.3) is 10.6 Å². The molecule has 0 spiro atoms. The van der Waals surface area contributed by atoms with Crippen LogP contribution in [0.3, 0.4) is 0 Å². The third-order valence-electron chi connectivity index (χ3n) is 4.28. The molecule has 5 heteroatoms. The minimum atomic E-state index is -0.382. The molecule has 1 amide bonds. The summed E-state index contributed by atoms with van der Waals surface area (Å²) < 4.78 is 0. The zero-order valence-electron chi connectivity index (χ0n) is 14.2. The van der Waals surface area contributed by atoms with E-state index >= 15 is 0 Å². The summed E-state index contributed by atoms with van der Waals surface area (Å²) in [4.78, 5) is 16.9. The van der Waals surface area contributed by atoms with E-state index in [-0.39, 0.29) is 23.8 Å². The van der Waals surface area contributed by atoms with E-state index in [1.165, 1.54) is 5.56 Å². The maximum atomic E-state index is 12.3. The van der Waals surface area contributed by atoms with E-state index in [9.17, 15) is 4.79 Å². The molecule has 4 nitrogen and oxygen atoms in total. The number of nitrogens with zero attached hydrogens (tertiary/aromatic N) is 1. The molecule has 0 aliphatic carbocycles. The molecule has 124 valence electrons. The molecule has 2 aromatic rings. The number of benzene rings is 1. The first-order valence-electron chi connectivity index (χ1n) is 7.86. The van der Waals surface area contributed by atoms with Crippen LogP contribution in [0.4, 0.5) is 0 Å². The molecule has 2 rings (SSSR count). The second kappa shape index (κ2) is 7.23. The predicted molar refractivity (Wildman–Crippen MR) is 96.4 cm³/mol. The van der Waals surface area contributed by atoms with Crippen LogP contribution in [0.15, 0.2) is 29.6 Å². The Kier molecular flexibility index (Phi) is 5.55. The monoisotopic (exact) mass is 331 g/mol. The first-order chi connectivity index (χ1) is 10.8. The summed E-state index contributed by atoms with van der Waals surface area (Å²) in [6.07, 6.45) is 0.282. The van der Waals surface area contributed by atoms with Crippen molar-refractivity contribution in [1.29, 1.82) is 0 Å². The average molecular weight is 331 g/mol. The number of hydrogen-bond acceptors (Lipinski definition) is 4. The van der Waals surface area contributed by atoms with Crippen LogP contribution in [0.2, 0.25) is 0 Å². The van der Waals surface area contributed by atoms with Gasteiger partial charge < -0.3 is 11.1 Å². The van der Waals surface area contributed by atoms with Crippen molar-refractivity contribution in [2.24, 2.45) is 11.7 Å². The molecule has 1 heterocycles. The molecule has 0 radical (unpaired) electrons. The largest absolute Gasteiger partial charge is 0.349 e. The van der Waals surface area contributed by atoms with Crippen molar-refractivity contribution in [3.8, 4) is 10.6 Å². The summed E-state index contributed by atoms with van der Waals surface area (Å²) in [5.74, 6) is 0.238. The molecule has 0 saturated carbocycles. The van der Waals surface area contributed by atoms with Gasteiger partial charge in [-0.3, -0.25) is 4.79 Å². The van der Waals surface area contributed by atoms with Crippen LogP contribution in [0.5, 0.6) is 0 Å². The molecule has 1 unspecified atom stereocenters. The topological polar surface area (TPSA) is 68.0 Å². The van der Waals surface area contributed by atoms with E-state index in [0.717, 1.165) is 16.3 Å². The standard InChI is InChI=1S/C18H25N3OS/c1-12(2)18(4,11-19)21-16(22)9-15-10-23-17(20-15)14-7-5-6-13(3)8-14/h5-8,10,12H,9,11,19H2,1-4H3,(H,21,22). The molecule has 1 aromatic carbocycles. The van der Waals surface area contributed by atoms with Crippen molar-refractivity contribution >= 4 is 17.2 Å². The van der Waals surface area contributed by atoms with E-state index in [0.29, 0.717) is 6.54 Å². The van der Waals surface area contributed by atoms with Crippen molar-refractivity contribution in [1.82, 2.24) is 10.3 Å². The van der Waals surface area contributed by atoms with Gasteiger partial charge in [-0.15, -0.1) is 11.3 Å². The summed E-state index contributed by atoms with van der Waals surface area (Å²) in [5.41, 5.74) is 8.53. The van der Waals surface area contributed by atoms with Crippen molar-refractivity contribution in [2.45, 2.75) is 39.7 Å². The van der Waals surface area contributed by atoms with Crippen LogP contribution in [0, 0.1) is 12.8 Å². The molecule has 0 saturated heterocycles. The highest BCUT2D eigenvalue weighted by Gasteiger charge is 2.28. The molecule has 23 heavy (non-hydrogen) atoms. The van der Waals surface area contributed by atoms with Gasteiger partial charge in [0.05, 0.1) is 17.7 Å². The number of rotatable bonds is 6. The lowest BCUT2D eigenvalue weighted by atomic mass is 9.88. The fourth-order valence-electron chi connectivity index (χ4n) is 2.26. The Morgan fingerprint density at radius 3 is 2.78 bits per heavy atom. The Bertz CT molecular complexity index is 680. The number of carbonyl (C=O) groups excluding carboxylic acids is 1. The van der Waals surface area contributed by atoms with E-state index in [1.807, 2.05) is 24.4 Å². The van der Waals surface area contributed by atoms with Crippen molar-refractivity contribution < 1.29 is 4.79 Å². The molecule has 0 aliphatic heterocycles. The second-order valence-electron chi connectivity index (χ2n) is 6.51. The van der Waals surface area contributed by atoms with E-state index in [1.54, 1.807) is 11.3 Å². The van der Waals surface area contributed by atoms with Crippen LogP contribution in [-0.2, 0) is 11.2 Å². The zero-order valence-corrected chi connectivity index (χ0v) is 15.0. The maximum absolute atomic E-state index is 12.3. The Morgan fingerprint density at radius 1 is 1.43 bits per heavy atom. The van der Waals surface area contributed by atoms with E-state index in [2.05, 4.69) is 43.2 Å². The minimum Gasteiger partial charge on any atom is -0.349 e. The number of thiazole rings is 1. The van der Waals surface area contributed by atoms with Crippen LogP contribution in [-0.4, -0.2) is 23.0 Å². The number of nitrogens with two attached hydrogens (primary N) is 1. The fraction of sp³-hybridized carbons (Fsp3) is 0.444. The Hall–Kier alpha value is -1.72. The maximum Gasteiger partial charge on any atom is 0.226 e. The summed E-state index contributed by atoms with van der Waals surface area (Å²) in [6, 6.07) is 8.23. The Balaban J connectivity index is 2.06. The molecular weight excluding hydrogens is 306 g/mol. The van der Waals surface area contributed by atoms with Gasteiger partial charge in [0.2, 0.25) is 5.91 Å². The molecule has 0 aliphatic rings. The average Bonchev–Trinajstić information content (AvgIpc) is 2.95. The lowest BCUT2D eigenvalue weighted by Crippen LogP contribution is -2.55. The molecule has 0 fully saturated rings. The SMILES string of the molecule is Cc1cccc(-c2nc(CC(=O)NC(C)(CN)C(C)C)cs2)c1. The van der Waals surface area contributed by atoms with Gasteiger partial charge in [0, 0.05) is 17.5 Å². The smallest absolute Gasteiger partial charge is 0.226 e. The lowest BCUT2D eigenvalue weighted by Gasteiger charge is -2.33. The lowest BCUT2D eigenvalue weighted by molar-refractivity contribution is -0.122. The van der Waals surface area contributed by atoms with E-state index in [4.69, 9.17) is 5.73 Å². The summed E-state index contributed by atoms with van der Waals surface area (Å²) in [6.45, 7) is 8.58. The molecule has 1 aromatic heterocycles. The predicted octanol–water partition coefficient (Wildman–Crippen LogP) is 3.15. The highest BCUT2D eigenvalue weighted by Crippen LogP contribution is 2.24. The van der Waals surface area contributed by atoms with Gasteiger partial charge >= 0.3 is 0 Å². The van der Waals surface area contributed by atoms with Crippen molar-refractivity contribution in [3.63, 3.8) is 0 Å². The number of hydrogen-bond donors (Lipinski definition) is 2. The number of amides is 1. The quantitative estimate of drug-likeness (QED) is 0.854. The Morgan fingerprint density at radius 2 is 2.17 bits per heavy atom. The van der Waals surface area contributed by atoms with Gasteiger partial charge in [-0.1, -0.05) is 37.6 Å². The zero-order chi connectivity index (χ0) is 17.0. The van der Waals surface area contributed by atoms with Gasteiger partial charge in [0.1, 0.15) is 5.01 Å². The van der Waals surface area contributed by atoms with Crippen molar-refractivity contribution in [2.75, 3.05) is 6.54 Å². The van der Waals surface area contributed by atoms with Gasteiger partial charge in [0.15, 0.2) is 0 Å². The molecule has 1 atom stereocenters. The molecule has 3 N–H and O–H groups in total. The highest BCUT2D eigenvalue weighted by molar-refractivity contribution is 7.13. The number of carbonyl (C=O) groups is 1. The van der Waals surface area contributed by atoms with Gasteiger partial charge in [-0.25, -0.2) is 4.98 Å². The van der Waals surface area contributed by atoms with Gasteiger partial charge in [-0.2, -0.15) is 0 Å². The van der Waals surface area contributed by atoms with Crippen LogP contribution >= 0.6 is 11.3 Å². The normalized spacial score (nSPS) is 13.8. The summed E-state index contributed by atoms with van der Waals surface area (Å²) in [7, 11) is 0. The summed E-state index contributed by atoms with van der Waals surface area (Å²) >= 11 is 1.57. The molecular formula is C18H25N3OS. The van der Waals surface area contributed by atoms with Crippen LogP contribution in [0.1, 0.15) is 32.0 Å². The first-order valence-corrected chi connectivity index (χ1v) is 8.74. The van der Waals surface area contributed by atoms with Crippen LogP contribution < -0.4 is 11.1 Å². The fourth-order valence-corrected chi connectivity index (χ4v) is 3.07. The number of nitrogens with one attached hydrogen (secondary N) is 1. The minimum absolute atomic E-state index is 0.0345. The third-order valence-corrected chi connectivity index (χ3v) is 5.22. The number of aryl methyl sites for hydroxylation is 1. The Labute approximate surface area is 142 Å². The first kappa shape index (κ1) is 17.6. The number of aromatic nitrogens is 1. The van der Waals surface area contributed by atoms with E-state index < -0.39 is 0 Å². The highest BCUT2D eigenvalue weighted by atomic mass is 32.1.